The van der Waals surface area contributed by atoms with Gasteiger partial charge in [0.05, 0.1) is 39.5 Å². The number of carbonyl (C=O) groups excluding carboxylic acids is 4. The van der Waals surface area contributed by atoms with Crippen LogP contribution >= 0.6 is 0 Å². The Hall–Kier alpha value is -5.12. The number of carbonyl (C=O) groups is 4. The smallest absolute Gasteiger partial charge is 0.407 e. The fraction of sp³-hybridized carbons (Fsp3) is 0.407. The molecule has 2 aromatic rings. The number of β-lactam (4-membered cyclic amide) rings is 1. The molecule has 0 saturated carbocycles. The minimum absolute atomic E-state index is 0.0585. The van der Waals surface area contributed by atoms with Crippen molar-refractivity contribution in [3.8, 4) is 0 Å². The highest BCUT2D eigenvalue weighted by Crippen LogP contribution is 2.36. The van der Waals surface area contributed by atoms with E-state index in [0.29, 0.717) is 0 Å². The van der Waals surface area contributed by atoms with Crippen LogP contribution < -0.4 is 5.32 Å². The van der Waals surface area contributed by atoms with E-state index in [2.05, 4.69) is 5.32 Å². The molecule has 16 nitrogen and oxygen atoms in total. The number of para-hydroxylation sites is 2. The third-order valence-corrected chi connectivity index (χ3v) is 6.74. The molecule has 2 N–H and O–H groups in total. The molecule has 3 rings (SSSR count). The minimum Gasteiger partial charge on any atom is -0.466 e. The molecule has 4 unspecified atom stereocenters. The first-order valence-electron chi connectivity index (χ1n) is 13.1. The van der Waals surface area contributed by atoms with Gasteiger partial charge in [0, 0.05) is 31.5 Å². The van der Waals surface area contributed by atoms with E-state index in [0.717, 1.165) is 4.90 Å². The summed E-state index contributed by atoms with van der Waals surface area (Å²) in [4.78, 5) is 71.1. The van der Waals surface area contributed by atoms with Crippen LogP contribution in [0.1, 0.15) is 31.4 Å². The van der Waals surface area contributed by atoms with Crippen molar-refractivity contribution in [2.24, 2.45) is 11.8 Å². The monoisotopic (exact) mass is 602 g/mol. The van der Waals surface area contributed by atoms with E-state index in [4.69, 9.17) is 14.2 Å². The lowest BCUT2D eigenvalue weighted by Crippen LogP contribution is -2.69. The van der Waals surface area contributed by atoms with Crippen LogP contribution in [0, 0.1) is 32.1 Å². The molecule has 1 saturated heterocycles. The van der Waals surface area contributed by atoms with E-state index in [1.807, 2.05) is 0 Å². The average molecular weight is 603 g/mol. The molecule has 16 heteroatoms. The van der Waals surface area contributed by atoms with Crippen molar-refractivity contribution in [2.75, 3.05) is 13.2 Å². The Kier molecular flexibility index (Phi) is 11.1. The Morgan fingerprint density at radius 3 is 2.02 bits per heavy atom. The summed E-state index contributed by atoms with van der Waals surface area (Å²) in [5, 5.41) is 35.5. The number of hydrogen-bond acceptors (Lipinski definition) is 12. The van der Waals surface area contributed by atoms with E-state index in [-0.39, 0.29) is 48.7 Å². The zero-order valence-electron chi connectivity index (χ0n) is 23.2. The Morgan fingerprint density at radius 1 is 0.953 bits per heavy atom. The van der Waals surface area contributed by atoms with Crippen LogP contribution in [0.3, 0.4) is 0 Å². The molecule has 1 heterocycles. The molecule has 230 valence electrons. The van der Waals surface area contributed by atoms with E-state index >= 15 is 0 Å². The maximum Gasteiger partial charge on any atom is 0.407 e. The highest BCUT2D eigenvalue weighted by molar-refractivity contribution is 5.90. The number of nitro groups is 2. The summed E-state index contributed by atoms with van der Waals surface area (Å²) in [6, 6.07) is 10.5. The van der Waals surface area contributed by atoms with Gasteiger partial charge in [0.25, 0.3) is 11.4 Å². The molecule has 1 fully saturated rings. The predicted molar refractivity (Wildman–Crippen MR) is 145 cm³/mol. The van der Waals surface area contributed by atoms with Crippen molar-refractivity contribution in [3.05, 3.63) is 79.9 Å². The van der Waals surface area contributed by atoms with Crippen molar-refractivity contribution in [2.45, 2.75) is 45.8 Å². The second kappa shape index (κ2) is 14.7. The average Bonchev–Trinajstić information content (AvgIpc) is 2.98. The number of rotatable bonds is 14. The maximum absolute atomic E-state index is 13.0. The van der Waals surface area contributed by atoms with Crippen LogP contribution in [0.2, 0.25) is 0 Å². The highest BCUT2D eigenvalue weighted by atomic mass is 16.6. The van der Waals surface area contributed by atoms with E-state index in [1.54, 1.807) is 13.0 Å². The summed E-state index contributed by atoms with van der Waals surface area (Å²) in [6.07, 6.45) is -2.87. The van der Waals surface area contributed by atoms with E-state index in [9.17, 15) is 44.5 Å². The summed E-state index contributed by atoms with van der Waals surface area (Å²) in [5.41, 5.74) is -0.222. The number of hydrogen-bond donors (Lipinski definition) is 2. The molecule has 1 aliphatic heterocycles. The number of aliphatic hydroxyl groups is 1. The number of alkyl carbamates (subject to hydrolysis) is 1. The summed E-state index contributed by atoms with van der Waals surface area (Å²) in [6.45, 7) is 1.76. The van der Waals surface area contributed by atoms with Gasteiger partial charge in [-0.2, -0.15) is 0 Å². The Morgan fingerprint density at radius 2 is 1.49 bits per heavy atom. The molecule has 0 spiro atoms. The summed E-state index contributed by atoms with van der Waals surface area (Å²) < 4.78 is 15.1. The van der Waals surface area contributed by atoms with Gasteiger partial charge >= 0.3 is 18.0 Å². The van der Waals surface area contributed by atoms with Crippen LogP contribution in [-0.2, 0) is 41.8 Å². The molecular formula is C27H30N4O12. The van der Waals surface area contributed by atoms with Crippen molar-refractivity contribution in [1.29, 1.82) is 0 Å². The van der Waals surface area contributed by atoms with Gasteiger partial charge in [0.2, 0.25) is 12.1 Å². The second-order valence-electron chi connectivity index (χ2n) is 9.67. The van der Waals surface area contributed by atoms with Gasteiger partial charge in [0.1, 0.15) is 13.2 Å². The molecule has 0 aliphatic carbocycles. The molecule has 0 radical (unpaired) electrons. The number of benzene rings is 2. The molecule has 0 aromatic heterocycles. The Bertz CT molecular complexity index is 1380. The zero-order chi connectivity index (χ0) is 31.7. The number of aliphatic hydroxyl groups excluding tert-OH is 1. The number of nitro benzene ring substituents is 2. The van der Waals surface area contributed by atoms with Crippen molar-refractivity contribution in [1.82, 2.24) is 10.2 Å². The van der Waals surface area contributed by atoms with Gasteiger partial charge < -0.3 is 29.5 Å². The largest absolute Gasteiger partial charge is 0.466 e. The number of nitrogens with one attached hydrogen (secondary N) is 1. The topological polar surface area (TPSA) is 218 Å². The lowest BCUT2D eigenvalue weighted by Gasteiger charge is -2.51. The van der Waals surface area contributed by atoms with Crippen LogP contribution in [-0.4, -0.2) is 69.2 Å². The third kappa shape index (κ3) is 8.22. The fourth-order valence-electron chi connectivity index (χ4n) is 4.68. The summed E-state index contributed by atoms with van der Waals surface area (Å²) in [5.74, 6) is -3.77. The zero-order valence-corrected chi connectivity index (χ0v) is 23.2. The normalized spacial score (nSPS) is 17.2. The molecule has 4 atom stereocenters. The Balaban J connectivity index is 1.60. The molecule has 2 amide bonds. The van der Waals surface area contributed by atoms with Gasteiger partial charge in [-0.25, -0.2) is 9.59 Å². The molecule has 43 heavy (non-hydrogen) atoms. The predicted octanol–water partition coefficient (Wildman–Crippen LogP) is 2.21. The van der Waals surface area contributed by atoms with Gasteiger partial charge in [0.15, 0.2) is 0 Å². The maximum atomic E-state index is 13.0. The first-order valence-corrected chi connectivity index (χ1v) is 13.1. The SMILES string of the molecule is CC(=O)OCC(C)C1C(CCNC(=O)OCc2ccccc2[N+](=O)[O-])C(=O)N1C(O)C(=O)OCc1ccccc1[N+](=O)[O-]. The number of esters is 2. The van der Waals surface area contributed by atoms with Gasteiger partial charge in [-0.1, -0.05) is 31.2 Å². The lowest BCUT2D eigenvalue weighted by atomic mass is 9.77. The van der Waals surface area contributed by atoms with E-state index in [1.165, 1.54) is 49.4 Å². The molecular weight excluding hydrogens is 572 g/mol. The first-order chi connectivity index (χ1) is 20.4. The van der Waals surface area contributed by atoms with Crippen molar-refractivity contribution >= 4 is 35.3 Å². The standard InChI is InChI=1S/C27H30N4O12/c1-16(13-41-17(2)32)23-20(11-12-28-27(36)43-15-19-8-4-6-10-22(19)31(39)40)24(33)29(23)25(34)26(35)42-14-18-7-3-5-9-21(18)30(37)38/h3-10,16,20,23,25,34H,11-15H2,1-2H3,(H,28,36). The van der Waals surface area contributed by atoms with Gasteiger partial charge in [-0.3, -0.25) is 29.8 Å². The van der Waals surface area contributed by atoms with Crippen LogP contribution in [0.25, 0.3) is 0 Å². The molecule has 2 aromatic carbocycles. The van der Waals surface area contributed by atoms with Gasteiger partial charge in [-0.05, 0) is 18.6 Å². The summed E-state index contributed by atoms with van der Waals surface area (Å²) >= 11 is 0. The molecule has 0 bridgehead atoms. The number of ether oxygens (including phenoxy) is 3. The first kappa shape index (κ1) is 32.4. The fourth-order valence-corrected chi connectivity index (χ4v) is 4.68. The minimum atomic E-state index is -2.05. The highest BCUT2D eigenvalue weighted by Gasteiger charge is 2.54. The Labute approximate surface area is 244 Å². The van der Waals surface area contributed by atoms with Crippen LogP contribution in [0.5, 0.6) is 0 Å². The van der Waals surface area contributed by atoms with Crippen molar-refractivity contribution in [3.63, 3.8) is 0 Å². The van der Waals surface area contributed by atoms with Crippen LogP contribution in [0.15, 0.2) is 48.5 Å². The van der Waals surface area contributed by atoms with E-state index < -0.39 is 64.5 Å². The quantitative estimate of drug-likeness (QED) is 0.105. The summed E-state index contributed by atoms with van der Waals surface area (Å²) in [7, 11) is 0. The number of nitrogens with zero attached hydrogens (tertiary/aromatic N) is 3. The molecule has 1 aliphatic rings. The van der Waals surface area contributed by atoms with Crippen LogP contribution in [0.4, 0.5) is 16.2 Å². The number of likely N-dealkylation sites (tertiary alicyclic amines) is 1. The van der Waals surface area contributed by atoms with Crippen molar-refractivity contribution < 1.29 is 48.3 Å². The lowest BCUT2D eigenvalue weighted by molar-refractivity contribution is -0.386. The van der Waals surface area contributed by atoms with Gasteiger partial charge in [-0.15, -0.1) is 0 Å². The second-order valence-corrected chi connectivity index (χ2v) is 9.67. The number of amides is 2. The third-order valence-electron chi connectivity index (χ3n) is 6.74.